The van der Waals surface area contributed by atoms with Gasteiger partial charge in [-0.05, 0) is 24.1 Å². The normalized spacial score (nSPS) is 10.7. The smallest absolute Gasteiger partial charge is 0.295 e. The van der Waals surface area contributed by atoms with Crippen LogP contribution in [-0.2, 0) is 6.42 Å². The SMILES string of the molecule is CCc1cc2c(Cl)ccc([N+](=O)[O-])c2nc1N. The van der Waals surface area contributed by atoms with Gasteiger partial charge in [0, 0.05) is 11.5 Å². The third kappa shape index (κ3) is 1.89. The summed E-state index contributed by atoms with van der Waals surface area (Å²) in [5.41, 5.74) is 6.72. The predicted octanol–water partition coefficient (Wildman–Crippen LogP) is 2.94. The van der Waals surface area contributed by atoms with Gasteiger partial charge >= 0.3 is 0 Å². The average molecular weight is 252 g/mol. The number of nitrogens with two attached hydrogens (primary N) is 1. The van der Waals surface area contributed by atoms with Crippen LogP contribution in [0, 0.1) is 10.1 Å². The van der Waals surface area contributed by atoms with Crippen molar-refractivity contribution in [3.05, 3.63) is 38.9 Å². The van der Waals surface area contributed by atoms with E-state index in [9.17, 15) is 10.1 Å². The Kier molecular flexibility index (Phi) is 2.85. The van der Waals surface area contributed by atoms with Crippen LogP contribution in [0.2, 0.25) is 5.02 Å². The summed E-state index contributed by atoms with van der Waals surface area (Å²) >= 11 is 6.01. The number of benzene rings is 1. The van der Waals surface area contributed by atoms with Crippen molar-refractivity contribution >= 4 is 34.0 Å². The Morgan fingerprint density at radius 3 is 2.82 bits per heavy atom. The number of nitrogens with zero attached hydrogens (tertiary/aromatic N) is 2. The topological polar surface area (TPSA) is 82.0 Å². The standard InChI is InChI=1S/C11H10ClN3O2/c1-2-6-5-7-8(12)3-4-9(15(16)17)10(7)14-11(6)13/h3-5H,2H2,1H3,(H2,13,14). The first kappa shape index (κ1) is 11.6. The Labute approximate surface area is 102 Å². The van der Waals surface area contributed by atoms with Crippen molar-refractivity contribution in [1.82, 2.24) is 4.98 Å². The van der Waals surface area contributed by atoms with Crippen molar-refractivity contribution in [3.63, 3.8) is 0 Å². The first-order chi connectivity index (χ1) is 8.04. The minimum Gasteiger partial charge on any atom is -0.383 e. The van der Waals surface area contributed by atoms with Crippen molar-refractivity contribution < 1.29 is 4.92 Å². The number of hydrogen-bond donors (Lipinski definition) is 1. The number of anilines is 1. The van der Waals surface area contributed by atoms with Gasteiger partial charge in [-0.3, -0.25) is 10.1 Å². The molecule has 2 aromatic rings. The number of nitro benzene ring substituents is 1. The molecule has 0 aliphatic carbocycles. The lowest BCUT2D eigenvalue weighted by atomic mass is 10.1. The van der Waals surface area contributed by atoms with Gasteiger partial charge in [0.15, 0.2) is 5.52 Å². The fourth-order valence-electron chi connectivity index (χ4n) is 1.70. The van der Waals surface area contributed by atoms with Crippen LogP contribution in [0.1, 0.15) is 12.5 Å². The number of hydrogen-bond acceptors (Lipinski definition) is 4. The lowest BCUT2D eigenvalue weighted by Gasteiger charge is -2.06. The van der Waals surface area contributed by atoms with Crippen LogP contribution in [0.5, 0.6) is 0 Å². The maximum Gasteiger partial charge on any atom is 0.295 e. The van der Waals surface area contributed by atoms with Crippen LogP contribution in [0.15, 0.2) is 18.2 Å². The fourth-order valence-corrected chi connectivity index (χ4v) is 1.90. The summed E-state index contributed by atoms with van der Waals surface area (Å²) in [7, 11) is 0. The molecular weight excluding hydrogens is 242 g/mol. The maximum atomic E-state index is 10.9. The Hall–Kier alpha value is -1.88. The molecule has 0 aliphatic rings. The lowest BCUT2D eigenvalue weighted by molar-refractivity contribution is -0.383. The second kappa shape index (κ2) is 4.18. The second-order valence-corrected chi connectivity index (χ2v) is 4.01. The maximum absolute atomic E-state index is 10.9. The van der Waals surface area contributed by atoms with E-state index in [1.165, 1.54) is 12.1 Å². The van der Waals surface area contributed by atoms with E-state index in [2.05, 4.69) is 4.98 Å². The molecule has 0 radical (unpaired) electrons. The van der Waals surface area contributed by atoms with E-state index < -0.39 is 4.92 Å². The molecule has 6 heteroatoms. The predicted molar refractivity (Wildman–Crippen MR) is 67.2 cm³/mol. The fraction of sp³-hybridized carbons (Fsp3) is 0.182. The number of non-ortho nitro benzene ring substituents is 1. The third-order valence-corrected chi connectivity index (χ3v) is 2.93. The quantitative estimate of drug-likeness (QED) is 0.657. The Balaban J connectivity index is 2.87. The molecule has 0 unspecified atom stereocenters. The summed E-state index contributed by atoms with van der Waals surface area (Å²) in [4.78, 5) is 14.5. The molecule has 0 fully saturated rings. The van der Waals surface area contributed by atoms with E-state index >= 15 is 0 Å². The molecule has 2 N–H and O–H groups in total. The molecule has 1 heterocycles. The van der Waals surface area contributed by atoms with Crippen molar-refractivity contribution in [1.29, 1.82) is 0 Å². The minimum atomic E-state index is -0.489. The molecular formula is C11H10ClN3O2. The number of nitro groups is 1. The van der Waals surface area contributed by atoms with Gasteiger partial charge in [0.2, 0.25) is 0 Å². The molecule has 0 spiro atoms. The number of halogens is 1. The largest absolute Gasteiger partial charge is 0.383 e. The number of rotatable bonds is 2. The molecule has 17 heavy (non-hydrogen) atoms. The zero-order chi connectivity index (χ0) is 12.6. The van der Waals surface area contributed by atoms with Crippen LogP contribution < -0.4 is 5.73 Å². The molecule has 2 rings (SSSR count). The lowest BCUT2D eigenvalue weighted by Crippen LogP contribution is -1.99. The number of pyridine rings is 1. The number of fused-ring (bicyclic) bond motifs is 1. The van der Waals surface area contributed by atoms with Crippen LogP contribution in [-0.4, -0.2) is 9.91 Å². The number of aryl methyl sites for hydroxylation is 1. The number of aromatic nitrogens is 1. The Bertz CT molecular complexity index is 613. The van der Waals surface area contributed by atoms with Crippen LogP contribution in [0.25, 0.3) is 10.9 Å². The van der Waals surface area contributed by atoms with Gasteiger partial charge in [-0.15, -0.1) is 0 Å². The molecule has 0 saturated heterocycles. The van der Waals surface area contributed by atoms with Crippen molar-refractivity contribution in [2.45, 2.75) is 13.3 Å². The summed E-state index contributed by atoms with van der Waals surface area (Å²) < 4.78 is 0. The highest BCUT2D eigenvalue weighted by atomic mass is 35.5. The molecule has 1 aromatic carbocycles. The van der Waals surface area contributed by atoms with E-state index in [0.717, 1.165) is 5.56 Å². The van der Waals surface area contributed by atoms with Gasteiger partial charge in [-0.25, -0.2) is 4.98 Å². The van der Waals surface area contributed by atoms with Gasteiger partial charge in [-0.2, -0.15) is 0 Å². The van der Waals surface area contributed by atoms with Crippen molar-refractivity contribution in [2.24, 2.45) is 0 Å². The third-order valence-electron chi connectivity index (χ3n) is 2.60. The van der Waals surface area contributed by atoms with Crippen LogP contribution in [0.3, 0.4) is 0 Å². The van der Waals surface area contributed by atoms with Gasteiger partial charge < -0.3 is 5.73 Å². The first-order valence-corrected chi connectivity index (χ1v) is 5.44. The zero-order valence-electron chi connectivity index (χ0n) is 9.11. The van der Waals surface area contributed by atoms with Gasteiger partial charge in [-0.1, -0.05) is 18.5 Å². The summed E-state index contributed by atoms with van der Waals surface area (Å²) in [6.45, 7) is 1.93. The van der Waals surface area contributed by atoms with Crippen molar-refractivity contribution in [2.75, 3.05) is 5.73 Å². The van der Waals surface area contributed by atoms with Gasteiger partial charge in [0.25, 0.3) is 5.69 Å². The monoisotopic (exact) mass is 251 g/mol. The molecule has 0 atom stereocenters. The van der Waals surface area contributed by atoms with E-state index in [1.807, 2.05) is 6.92 Å². The Morgan fingerprint density at radius 1 is 1.53 bits per heavy atom. The van der Waals surface area contributed by atoms with Gasteiger partial charge in [0.05, 0.1) is 9.95 Å². The molecule has 0 amide bonds. The van der Waals surface area contributed by atoms with Gasteiger partial charge in [0.1, 0.15) is 5.82 Å². The van der Waals surface area contributed by atoms with E-state index in [0.29, 0.717) is 22.6 Å². The molecule has 88 valence electrons. The molecule has 5 nitrogen and oxygen atoms in total. The molecule has 1 aromatic heterocycles. The van der Waals surface area contributed by atoms with Crippen LogP contribution in [0.4, 0.5) is 11.5 Å². The molecule has 0 bridgehead atoms. The number of nitrogen functional groups attached to an aromatic ring is 1. The van der Waals surface area contributed by atoms with E-state index in [4.69, 9.17) is 17.3 Å². The zero-order valence-corrected chi connectivity index (χ0v) is 9.86. The summed E-state index contributed by atoms with van der Waals surface area (Å²) in [6, 6.07) is 4.59. The summed E-state index contributed by atoms with van der Waals surface area (Å²) in [5.74, 6) is 0.311. The Morgan fingerprint density at radius 2 is 2.24 bits per heavy atom. The second-order valence-electron chi connectivity index (χ2n) is 3.61. The molecule has 0 aliphatic heterocycles. The average Bonchev–Trinajstić information content (AvgIpc) is 2.28. The van der Waals surface area contributed by atoms with Crippen molar-refractivity contribution in [3.8, 4) is 0 Å². The highest BCUT2D eigenvalue weighted by Crippen LogP contribution is 2.32. The summed E-state index contributed by atoms with van der Waals surface area (Å²) in [5, 5.41) is 11.9. The molecule has 0 saturated carbocycles. The van der Waals surface area contributed by atoms with E-state index in [1.54, 1.807) is 6.07 Å². The van der Waals surface area contributed by atoms with Crippen LogP contribution >= 0.6 is 11.6 Å². The van der Waals surface area contributed by atoms with E-state index in [-0.39, 0.29) is 11.2 Å². The highest BCUT2D eigenvalue weighted by Gasteiger charge is 2.16. The highest BCUT2D eigenvalue weighted by molar-refractivity contribution is 6.35. The minimum absolute atomic E-state index is 0.0845. The summed E-state index contributed by atoms with van der Waals surface area (Å²) in [6.07, 6.45) is 0.702. The first-order valence-electron chi connectivity index (χ1n) is 5.06.